The van der Waals surface area contributed by atoms with Crippen molar-refractivity contribution in [3.63, 3.8) is 0 Å². The maximum Gasteiger partial charge on any atom is 0.224 e. The average molecular weight is 311 g/mol. The Labute approximate surface area is 136 Å². The number of amides is 1. The van der Waals surface area contributed by atoms with Crippen molar-refractivity contribution in [3.05, 3.63) is 53.1 Å². The zero-order chi connectivity index (χ0) is 16.2. The molecule has 1 heterocycles. The van der Waals surface area contributed by atoms with Gasteiger partial charge in [-0.05, 0) is 55.2 Å². The van der Waals surface area contributed by atoms with E-state index in [-0.39, 0.29) is 5.91 Å². The molecule has 1 aliphatic rings. The van der Waals surface area contributed by atoms with Gasteiger partial charge in [-0.15, -0.1) is 0 Å². The number of aryl methyl sites for hydroxylation is 2. The summed E-state index contributed by atoms with van der Waals surface area (Å²) < 4.78 is 11.1. The monoisotopic (exact) mass is 311 g/mol. The van der Waals surface area contributed by atoms with E-state index in [9.17, 15) is 4.79 Å². The van der Waals surface area contributed by atoms with Crippen LogP contribution in [0.4, 0.5) is 5.69 Å². The Morgan fingerprint density at radius 3 is 2.70 bits per heavy atom. The number of hydrogen-bond acceptors (Lipinski definition) is 3. The summed E-state index contributed by atoms with van der Waals surface area (Å²) >= 11 is 0. The van der Waals surface area contributed by atoms with Crippen LogP contribution in [0.5, 0.6) is 11.5 Å². The number of hydrogen-bond donors (Lipinski definition) is 1. The molecule has 0 unspecified atom stereocenters. The number of carbonyl (C=O) groups is 1. The van der Waals surface area contributed by atoms with E-state index in [2.05, 4.69) is 5.32 Å². The second kappa shape index (κ2) is 6.73. The highest BCUT2D eigenvalue weighted by Gasteiger charge is 2.12. The van der Waals surface area contributed by atoms with E-state index in [1.165, 1.54) is 5.56 Å². The van der Waals surface area contributed by atoms with Crippen molar-refractivity contribution in [3.8, 4) is 11.5 Å². The van der Waals surface area contributed by atoms with E-state index in [1.807, 2.05) is 50.2 Å². The molecule has 0 fully saturated rings. The zero-order valence-electron chi connectivity index (χ0n) is 13.5. The van der Waals surface area contributed by atoms with Crippen LogP contribution >= 0.6 is 0 Å². The number of nitrogens with one attached hydrogen (secondary N) is 1. The van der Waals surface area contributed by atoms with Crippen LogP contribution < -0.4 is 14.8 Å². The van der Waals surface area contributed by atoms with Crippen molar-refractivity contribution in [1.29, 1.82) is 0 Å². The van der Waals surface area contributed by atoms with Crippen molar-refractivity contribution in [1.82, 2.24) is 0 Å². The fourth-order valence-corrected chi connectivity index (χ4v) is 2.60. The molecule has 0 saturated heterocycles. The third-order valence-corrected chi connectivity index (χ3v) is 4.13. The van der Waals surface area contributed by atoms with Gasteiger partial charge in [-0.2, -0.15) is 0 Å². The predicted molar refractivity (Wildman–Crippen MR) is 90.3 cm³/mol. The Hall–Kier alpha value is -2.49. The van der Waals surface area contributed by atoms with Gasteiger partial charge in [0.2, 0.25) is 5.91 Å². The van der Waals surface area contributed by atoms with E-state index in [0.717, 1.165) is 28.3 Å². The van der Waals surface area contributed by atoms with Gasteiger partial charge in [-0.1, -0.05) is 18.2 Å². The molecular formula is C19H21NO3. The first kappa shape index (κ1) is 15.4. The van der Waals surface area contributed by atoms with E-state index in [4.69, 9.17) is 9.47 Å². The number of fused-ring (bicyclic) bond motifs is 1. The van der Waals surface area contributed by atoms with Crippen LogP contribution in [0.3, 0.4) is 0 Å². The molecular weight excluding hydrogens is 290 g/mol. The van der Waals surface area contributed by atoms with Gasteiger partial charge in [-0.3, -0.25) is 4.79 Å². The van der Waals surface area contributed by atoms with Crippen molar-refractivity contribution in [2.45, 2.75) is 26.7 Å². The molecule has 120 valence electrons. The molecule has 0 radical (unpaired) electrons. The highest BCUT2D eigenvalue weighted by molar-refractivity contribution is 5.91. The Bertz CT molecular complexity index is 725. The molecule has 1 aliphatic heterocycles. The lowest BCUT2D eigenvalue weighted by atomic mass is 10.1. The van der Waals surface area contributed by atoms with Crippen LogP contribution in [0.2, 0.25) is 0 Å². The van der Waals surface area contributed by atoms with Crippen LogP contribution in [0, 0.1) is 13.8 Å². The van der Waals surface area contributed by atoms with Crippen LogP contribution in [0.1, 0.15) is 23.1 Å². The normalized spacial score (nSPS) is 12.8. The van der Waals surface area contributed by atoms with Gasteiger partial charge in [0.15, 0.2) is 11.5 Å². The first-order chi connectivity index (χ1) is 11.1. The molecule has 0 bridgehead atoms. The molecule has 3 rings (SSSR count). The highest BCUT2D eigenvalue weighted by Crippen LogP contribution is 2.31. The van der Waals surface area contributed by atoms with Crippen LogP contribution in [0.25, 0.3) is 0 Å². The van der Waals surface area contributed by atoms with E-state index < -0.39 is 0 Å². The molecule has 0 spiro atoms. The van der Waals surface area contributed by atoms with Crippen LogP contribution in [-0.4, -0.2) is 19.1 Å². The molecule has 23 heavy (non-hydrogen) atoms. The minimum absolute atomic E-state index is 0.0218. The summed E-state index contributed by atoms with van der Waals surface area (Å²) in [5.74, 6) is 1.57. The summed E-state index contributed by atoms with van der Waals surface area (Å²) in [6.45, 7) is 5.22. The molecule has 0 aromatic heterocycles. The minimum atomic E-state index is 0.0218. The van der Waals surface area contributed by atoms with E-state index >= 15 is 0 Å². The quantitative estimate of drug-likeness (QED) is 0.937. The smallest absolute Gasteiger partial charge is 0.224 e. The van der Waals surface area contributed by atoms with Gasteiger partial charge in [0.1, 0.15) is 13.2 Å². The van der Waals surface area contributed by atoms with Crippen molar-refractivity contribution in [2.75, 3.05) is 18.5 Å². The summed E-state index contributed by atoms with van der Waals surface area (Å²) in [5.41, 5.74) is 4.25. The molecule has 0 atom stereocenters. The third-order valence-electron chi connectivity index (χ3n) is 4.13. The summed E-state index contributed by atoms with van der Waals surface area (Å²) in [4.78, 5) is 12.2. The third kappa shape index (κ3) is 3.65. The van der Waals surface area contributed by atoms with Crippen molar-refractivity contribution in [2.24, 2.45) is 0 Å². The maximum absolute atomic E-state index is 12.2. The Kier molecular flexibility index (Phi) is 4.51. The molecule has 1 amide bonds. The average Bonchev–Trinajstić information content (AvgIpc) is 2.57. The summed E-state index contributed by atoms with van der Waals surface area (Å²) in [6.07, 6.45) is 1.11. The van der Waals surface area contributed by atoms with Crippen molar-refractivity contribution >= 4 is 11.6 Å². The second-order valence-corrected chi connectivity index (χ2v) is 5.77. The molecule has 0 aliphatic carbocycles. The lowest BCUT2D eigenvalue weighted by molar-refractivity contribution is -0.116. The lowest BCUT2D eigenvalue weighted by Crippen LogP contribution is -2.16. The number of ether oxygens (including phenoxy) is 2. The number of benzene rings is 2. The molecule has 2 aromatic rings. The lowest BCUT2D eigenvalue weighted by Gasteiger charge is -2.18. The Morgan fingerprint density at radius 1 is 1.09 bits per heavy atom. The fourth-order valence-electron chi connectivity index (χ4n) is 2.60. The predicted octanol–water partition coefficient (Wildman–Crippen LogP) is 3.65. The van der Waals surface area contributed by atoms with E-state index in [0.29, 0.717) is 26.1 Å². The molecule has 0 saturated carbocycles. The van der Waals surface area contributed by atoms with Gasteiger partial charge in [0, 0.05) is 12.1 Å². The Morgan fingerprint density at radius 2 is 1.87 bits per heavy atom. The number of rotatable bonds is 4. The summed E-state index contributed by atoms with van der Waals surface area (Å²) in [5, 5.41) is 2.99. The minimum Gasteiger partial charge on any atom is -0.486 e. The second-order valence-electron chi connectivity index (χ2n) is 5.77. The van der Waals surface area contributed by atoms with Gasteiger partial charge < -0.3 is 14.8 Å². The highest BCUT2D eigenvalue weighted by atomic mass is 16.6. The van der Waals surface area contributed by atoms with Crippen molar-refractivity contribution < 1.29 is 14.3 Å². The zero-order valence-corrected chi connectivity index (χ0v) is 13.5. The van der Waals surface area contributed by atoms with Crippen LogP contribution in [0.15, 0.2) is 36.4 Å². The molecule has 1 N–H and O–H groups in total. The van der Waals surface area contributed by atoms with Crippen LogP contribution in [-0.2, 0) is 11.2 Å². The first-order valence-electron chi connectivity index (χ1n) is 7.88. The molecule has 4 heteroatoms. The number of carbonyl (C=O) groups excluding carboxylic acids is 1. The standard InChI is InChI=1S/C19H21NO3/c1-13-4-3-5-16(14(13)2)20-19(21)9-7-15-6-8-17-18(12-15)23-11-10-22-17/h3-6,8,12H,7,9-11H2,1-2H3,(H,20,21). The maximum atomic E-state index is 12.2. The molecule has 4 nitrogen and oxygen atoms in total. The van der Waals surface area contributed by atoms with Gasteiger partial charge >= 0.3 is 0 Å². The first-order valence-corrected chi connectivity index (χ1v) is 7.88. The summed E-state index contributed by atoms with van der Waals surface area (Å²) in [7, 11) is 0. The fraction of sp³-hybridized carbons (Fsp3) is 0.316. The topological polar surface area (TPSA) is 47.6 Å². The van der Waals surface area contributed by atoms with Gasteiger partial charge in [-0.25, -0.2) is 0 Å². The SMILES string of the molecule is Cc1cccc(NC(=O)CCc2ccc3c(c2)OCCO3)c1C. The largest absolute Gasteiger partial charge is 0.486 e. The number of anilines is 1. The van der Waals surface area contributed by atoms with Gasteiger partial charge in [0.05, 0.1) is 0 Å². The van der Waals surface area contributed by atoms with E-state index in [1.54, 1.807) is 0 Å². The Balaban J connectivity index is 1.60. The molecule has 2 aromatic carbocycles. The van der Waals surface area contributed by atoms with Gasteiger partial charge in [0.25, 0.3) is 0 Å². The summed E-state index contributed by atoms with van der Waals surface area (Å²) in [6, 6.07) is 11.8.